The summed E-state index contributed by atoms with van der Waals surface area (Å²) in [4.78, 5) is 39.7. The maximum atomic E-state index is 13.2. The van der Waals surface area contributed by atoms with Gasteiger partial charge < -0.3 is 14.4 Å². The van der Waals surface area contributed by atoms with E-state index in [0.717, 1.165) is 44.2 Å². The summed E-state index contributed by atoms with van der Waals surface area (Å²) in [6.07, 6.45) is 8.24. The number of anilines is 1. The summed E-state index contributed by atoms with van der Waals surface area (Å²) in [7, 11) is 5.52. The van der Waals surface area contributed by atoms with Gasteiger partial charge in [0, 0.05) is 45.1 Å². The Labute approximate surface area is 220 Å². The summed E-state index contributed by atoms with van der Waals surface area (Å²) in [6, 6.07) is 8.67. The van der Waals surface area contributed by atoms with Crippen LogP contribution in [-0.2, 0) is 23.9 Å². The van der Waals surface area contributed by atoms with Crippen molar-refractivity contribution in [2.75, 3.05) is 39.3 Å². The van der Waals surface area contributed by atoms with Gasteiger partial charge >= 0.3 is 5.97 Å². The van der Waals surface area contributed by atoms with Crippen LogP contribution < -0.4 is 4.90 Å². The van der Waals surface area contributed by atoms with Crippen LogP contribution in [0.3, 0.4) is 0 Å². The molecule has 5 rings (SSSR count). The number of hydrogen-bond acceptors (Lipinski definition) is 6. The van der Waals surface area contributed by atoms with Crippen molar-refractivity contribution in [2.24, 2.45) is 23.2 Å². The summed E-state index contributed by atoms with van der Waals surface area (Å²) in [5, 5.41) is 0. The molecule has 0 aliphatic heterocycles. The lowest BCUT2D eigenvalue weighted by molar-refractivity contribution is -0.153. The molecule has 37 heavy (non-hydrogen) atoms. The molecule has 6 nitrogen and oxygen atoms in total. The number of ketones is 2. The number of esters is 1. The fourth-order valence-corrected chi connectivity index (χ4v) is 7.86. The molecule has 198 valence electrons. The number of fused-ring (bicyclic) bond motifs is 4. The van der Waals surface area contributed by atoms with Crippen molar-refractivity contribution in [3.8, 4) is 0 Å². The maximum Gasteiger partial charge on any atom is 0.332 e. The number of allylic oxidation sites excluding steroid dienone is 4. The summed E-state index contributed by atoms with van der Waals surface area (Å²) in [5.41, 5.74) is 6.49. The van der Waals surface area contributed by atoms with Crippen LogP contribution in [-0.4, -0.2) is 52.0 Å². The van der Waals surface area contributed by atoms with Gasteiger partial charge in [0.15, 0.2) is 11.6 Å². The Morgan fingerprint density at radius 1 is 1.05 bits per heavy atom. The Balaban J connectivity index is 1.42. The summed E-state index contributed by atoms with van der Waals surface area (Å²) in [6.45, 7) is 2.00. The number of carbonyl (C=O) groups is 3. The molecular formula is C31H39NO5. The normalized spacial score (nSPS) is 30.7. The van der Waals surface area contributed by atoms with Gasteiger partial charge in [0.1, 0.15) is 13.2 Å². The van der Waals surface area contributed by atoms with Crippen molar-refractivity contribution in [1.29, 1.82) is 0 Å². The molecule has 5 atom stereocenters. The molecule has 1 aromatic carbocycles. The minimum Gasteiger partial charge on any atom is -0.456 e. The largest absolute Gasteiger partial charge is 0.456 e. The standard InChI is InChI=1S/C31H39NO5/c1-31-14-13-24-23(26(31)11-12-27(31)28(34)17-37-29(35)18-36-4)10-7-20-15-22(33)16-25(30(20)24)19-5-8-21(9-6-19)32(2)3/h5-6,8-9,15,23,25-27H,7,10-14,16-18H2,1-4H3/t23-,25+,26+,27-,31+/m1/s1. The minimum atomic E-state index is -0.491. The van der Waals surface area contributed by atoms with Gasteiger partial charge in [-0.3, -0.25) is 9.59 Å². The molecule has 0 N–H and O–H groups in total. The van der Waals surface area contributed by atoms with Gasteiger partial charge in [-0.2, -0.15) is 0 Å². The molecule has 0 heterocycles. The number of Topliss-reactive ketones (excluding diaryl/α,β-unsaturated/α-hetero) is 1. The molecule has 1 aromatic rings. The molecule has 0 saturated heterocycles. The van der Waals surface area contributed by atoms with E-state index in [1.807, 2.05) is 20.2 Å². The number of methoxy groups -OCH3 is 1. The Bertz CT molecular complexity index is 1150. The van der Waals surface area contributed by atoms with Crippen LogP contribution in [0.4, 0.5) is 5.69 Å². The quantitative estimate of drug-likeness (QED) is 0.484. The molecule has 0 aromatic heterocycles. The second kappa shape index (κ2) is 10.2. The van der Waals surface area contributed by atoms with Gasteiger partial charge in [0.2, 0.25) is 0 Å². The molecule has 0 spiro atoms. The topological polar surface area (TPSA) is 72.9 Å². The average Bonchev–Trinajstić information content (AvgIpc) is 3.24. The highest BCUT2D eigenvalue weighted by atomic mass is 16.6. The lowest BCUT2D eigenvalue weighted by Gasteiger charge is -2.49. The molecule has 0 amide bonds. The SMILES string of the molecule is COCC(=O)OCC(=O)[C@H]1CC[C@H]2[C@@H]3CCC4=CC(=O)C[C@@H](c5ccc(N(C)C)cc5)C4=C3CC[C@]12C. The van der Waals surface area contributed by atoms with Gasteiger partial charge in [0.25, 0.3) is 0 Å². The van der Waals surface area contributed by atoms with E-state index in [0.29, 0.717) is 18.3 Å². The molecule has 0 bridgehead atoms. The van der Waals surface area contributed by atoms with Crippen molar-refractivity contribution < 1.29 is 23.9 Å². The molecule has 4 aliphatic carbocycles. The number of hydrogen-bond donors (Lipinski definition) is 0. The van der Waals surface area contributed by atoms with E-state index in [1.165, 1.54) is 29.4 Å². The van der Waals surface area contributed by atoms with E-state index in [9.17, 15) is 14.4 Å². The molecule has 0 radical (unpaired) electrons. The molecule has 0 unspecified atom stereocenters. The minimum absolute atomic E-state index is 0.0454. The molecule has 6 heteroatoms. The Kier molecular flexibility index (Phi) is 7.14. The zero-order chi connectivity index (χ0) is 26.3. The van der Waals surface area contributed by atoms with Crippen LogP contribution in [0, 0.1) is 23.2 Å². The zero-order valence-electron chi connectivity index (χ0n) is 22.5. The van der Waals surface area contributed by atoms with Gasteiger partial charge in [-0.05, 0) is 90.7 Å². The molecule has 4 aliphatic rings. The van der Waals surface area contributed by atoms with Crippen molar-refractivity contribution in [3.05, 3.63) is 52.6 Å². The predicted molar refractivity (Wildman–Crippen MR) is 142 cm³/mol. The number of rotatable bonds is 7. The highest BCUT2D eigenvalue weighted by Crippen LogP contribution is 2.63. The number of ether oxygens (including phenoxy) is 2. The monoisotopic (exact) mass is 505 g/mol. The highest BCUT2D eigenvalue weighted by Gasteiger charge is 2.56. The van der Waals surface area contributed by atoms with Gasteiger partial charge in [-0.25, -0.2) is 4.79 Å². The average molecular weight is 506 g/mol. The summed E-state index contributed by atoms with van der Waals surface area (Å²) < 4.78 is 10.0. The first-order chi connectivity index (χ1) is 17.7. The third-order valence-electron chi connectivity index (χ3n) is 9.62. The second-order valence-corrected chi connectivity index (χ2v) is 11.8. The third-order valence-corrected chi connectivity index (χ3v) is 9.62. The third kappa shape index (κ3) is 4.69. The summed E-state index contributed by atoms with van der Waals surface area (Å²) >= 11 is 0. The van der Waals surface area contributed by atoms with E-state index in [1.54, 1.807) is 0 Å². The van der Waals surface area contributed by atoms with Crippen LogP contribution in [0.5, 0.6) is 0 Å². The van der Waals surface area contributed by atoms with E-state index < -0.39 is 5.97 Å². The molecular weight excluding hydrogens is 466 g/mol. The van der Waals surface area contributed by atoms with Crippen molar-refractivity contribution in [1.82, 2.24) is 0 Å². The van der Waals surface area contributed by atoms with Gasteiger partial charge in [-0.15, -0.1) is 0 Å². The Morgan fingerprint density at radius 2 is 1.81 bits per heavy atom. The highest BCUT2D eigenvalue weighted by molar-refractivity contribution is 5.94. The lowest BCUT2D eigenvalue weighted by atomic mass is 9.54. The fourth-order valence-electron chi connectivity index (χ4n) is 7.86. The zero-order valence-corrected chi connectivity index (χ0v) is 22.5. The van der Waals surface area contributed by atoms with E-state index >= 15 is 0 Å². The smallest absolute Gasteiger partial charge is 0.332 e. The van der Waals surface area contributed by atoms with Crippen LogP contribution in [0.15, 0.2) is 47.1 Å². The maximum absolute atomic E-state index is 13.2. The van der Waals surface area contributed by atoms with E-state index in [4.69, 9.17) is 9.47 Å². The van der Waals surface area contributed by atoms with Crippen LogP contribution >= 0.6 is 0 Å². The van der Waals surface area contributed by atoms with Gasteiger partial charge in [0.05, 0.1) is 0 Å². The second-order valence-electron chi connectivity index (χ2n) is 11.8. The fraction of sp³-hybridized carbons (Fsp3) is 0.581. The predicted octanol–water partition coefficient (Wildman–Crippen LogP) is 5.03. The number of nitrogens with zero attached hydrogens (tertiary/aromatic N) is 1. The summed E-state index contributed by atoms with van der Waals surface area (Å²) in [5.74, 6) is 0.733. The van der Waals surface area contributed by atoms with Crippen LogP contribution in [0.2, 0.25) is 0 Å². The first kappa shape index (κ1) is 25.9. The number of carbonyl (C=O) groups excluding carboxylic acids is 3. The molecule has 2 saturated carbocycles. The Hall–Kier alpha value is -2.73. The Morgan fingerprint density at radius 3 is 2.51 bits per heavy atom. The van der Waals surface area contributed by atoms with Crippen molar-refractivity contribution in [3.63, 3.8) is 0 Å². The van der Waals surface area contributed by atoms with E-state index in [-0.39, 0.29) is 42.0 Å². The van der Waals surface area contributed by atoms with Crippen molar-refractivity contribution >= 4 is 23.2 Å². The molecule has 2 fully saturated rings. The van der Waals surface area contributed by atoms with Gasteiger partial charge in [-0.1, -0.05) is 24.6 Å². The van der Waals surface area contributed by atoms with Crippen molar-refractivity contribution in [2.45, 2.75) is 57.8 Å². The van der Waals surface area contributed by atoms with Crippen LogP contribution in [0.1, 0.15) is 63.4 Å². The first-order valence-electron chi connectivity index (χ1n) is 13.6. The number of benzene rings is 1. The van der Waals surface area contributed by atoms with E-state index in [2.05, 4.69) is 36.1 Å². The van der Waals surface area contributed by atoms with Crippen LogP contribution in [0.25, 0.3) is 0 Å². The lowest BCUT2D eigenvalue weighted by Crippen LogP contribution is -2.43. The first-order valence-corrected chi connectivity index (χ1v) is 13.6.